The summed E-state index contributed by atoms with van der Waals surface area (Å²) in [5.74, 6) is 1.66. The van der Waals surface area contributed by atoms with Crippen LogP contribution in [0.1, 0.15) is 10.4 Å². The van der Waals surface area contributed by atoms with E-state index in [2.05, 4.69) is 20.4 Å². The summed E-state index contributed by atoms with van der Waals surface area (Å²) in [6.07, 6.45) is 0. The van der Waals surface area contributed by atoms with Gasteiger partial charge in [0.25, 0.3) is 5.91 Å². The third-order valence-electron chi connectivity index (χ3n) is 5.08. The number of ether oxygens (including phenoxy) is 3. The van der Waals surface area contributed by atoms with E-state index in [4.69, 9.17) is 14.2 Å². The number of rotatable bonds is 6. The van der Waals surface area contributed by atoms with Crippen molar-refractivity contribution in [2.45, 2.75) is 0 Å². The zero-order valence-corrected chi connectivity index (χ0v) is 17.5. The van der Waals surface area contributed by atoms with Gasteiger partial charge in [-0.05, 0) is 36.4 Å². The highest BCUT2D eigenvalue weighted by molar-refractivity contribution is 6.06. The molecule has 0 saturated carbocycles. The van der Waals surface area contributed by atoms with Crippen LogP contribution in [-0.2, 0) is 4.74 Å². The van der Waals surface area contributed by atoms with E-state index < -0.39 is 0 Å². The smallest absolute Gasteiger partial charge is 0.259 e. The highest BCUT2D eigenvalue weighted by Crippen LogP contribution is 2.26. The number of hydrogen-bond donors (Lipinski definition) is 1. The number of carbonyl (C=O) groups excluding carboxylic acids is 1. The van der Waals surface area contributed by atoms with Gasteiger partial charge in [0, 0.05) is 30.4 Å². The highest BCUT2D eigenvalue weighted by Gasteiger charge is 2.15. The molecule has 0 unspecified atom stereocenters. The molecule has 2 aromatic carbocycles. The maximum atomic E-state index is 12.7. The molecule has 1 fully saturated rings. The summed E-state index contributed by atoms with van der Waals surface area (Å²) in [5, 5.41) is 11.6. The molecule has 0 radical (unpaired) electrons. The van der Waals surface area contributed by atoms with Crippen molar-refractivity contribution in [2.24, 2.45) is 0 Å². The van der Waals surface area contributed by atoms with Crippen molar-refractivity contribution in [2.75, 3.05) is 50.7 Å². The number of benzene rings is 2. The molecule has 0 spiro atoms. The quantitative estimate of drug-likeness (QED) is 0.655. The molecular weight excluding hydrogens is 396 g/mol. The molecular formula is C23H24N4O4. The van der Waals surface area contributed by atoms with Crippen LogP contribution in [0.15, 0.2) is 54.6 Å². The van der Waals surface area contributed by atoms with Crippen LogP contribution in [0.5, 0.6) is 11.5 Å². The molecule has 1 aliphatic heterocycles. The number of anilines is 2. The summed E-state index contributed by atoms with van der Waals surface area (Å²) in [4.78, 5) is 14.8. The largest absolute Gasteiger partial charge is 0.497 e. The van der Waals surface area contributed by atoms with Gasteiger partial charge in [-0.3, -0.25) is 4.79 Å². The van der Waals surface area contributed by atoms with Crippen LogP contribution in [0.25, 0.3) is 11.3 Å². The SMILES string of the molecule is COc1ccc(C(=O)Nc2ccc(-c3ccc(N4CCOCC4)nn3)cc2)c(OC)c1. The van der Waals surface area contributed by atoms with E-state index in [1.807, 2.05) is 36.4 Å². The van der Waals surface area contributed by atoms with Crippen molar-refractivity contribution < 1.29 is 19.0 Å². The molecule has 1 aliphatic rings. The lowest BCUT2D eigenvalue weighted by Gasteiger charge is -2.27. The lowest BCUT2D eigenvalue weighted by atomic mass is 10.1. The van der Waals surface area contributed by atoms with Crippen LogP contribution in [0.4, 0.5) is 11.5 Å². The summed E-state index contributed by atoms with van der Waals surface area (Å²) >= 11 is 0. The summed E-state index contributed by atoms with van der Waals surface area (Å²) < 4.78 is 15.9. The predicted octanol–water partition coefficient (Wildman–Crippen LogP) is 3.25. The Morgan fingerprint density at radius 1 is 0.968 bits per heavy atom. The molecule has 31 heavy (non-hydrogen) atoms. The van der Waals surface area contributed by atoms with Crippen molar-refractivity contribution in [1.82, 2.24) is 10.2 Å². The number of aromatic nitrogens is 2. The van der Waals surface area contributed by atoms with E-state index in [0.29, 0.717) is 36.0 Å². The van der Waals surface area contributed by atoms with Crippen LogP contribution >= 0.6 is 0 Å². The highest BCUT2D eigenvalue weighted by atomic mass is 16.5. The number of amides is 1. The second-order valence-corrected chi connectivity index (χ2v) is 6.97. The lowest BCUT2D eigenvalue weighted by Crippen LogP contribution is -2.36. The number of methoxy groups -OCH3 is 2. The minimum absolute atomic E-state index is 0.262. The number of nitrogens with zero attached hydrogens (tertiary/aromatic N) is 3. The van der Waals surface area contributed by atoms with Crippen molar-refractivity contribution >= 4 is 17.4 Å². The topological polar surface area (TPSA) is 85.8 Å². The fourth-order valence-corrected chi connectivity index (χ4v) is 3.35. The van der Waals surface area contributed by atoms with Gasteiger partial charge in [-0.1, -0.05) is 12.1 Å². The molecule has 4 rings (SSSR count). The maximum absolute atomic E-state index is 12.7. The van der Waals surface area contributed by atoms with Crippen LogP contribution < -0.4 is 19.7 Å². The third-order valence-corrected chi connectivity index (χ3v) is 5.08. The molecule has 3 aromatic rings. The minimum atomic E-state index is -0.262. The Bertz CT molecular complexity index is 1030. The van der Waals surface area contributed by atoms with Gasteiger partial charge in [0.2, 0.25) is 0 Å². The van der Waals surface area contributed by atoms with Gasteiger partial charge in [0.15, 0.2) is 5.82 Å². The molecule has 0 bridgehead atoms. The van der Waals surface area contributed by atoms with E-state index in [1.54, 1.807) is 25.3 Å². The molecule has 8 nitrogen and oxygen atoms in total. The van der Waals surface area contributed by atoms with Gasteiger partial charge < -0.3 is 24.4 Å². The molecule has 8 heteroatoms. The van der Waals surface area contributed by atoms with Gasteiger partial charge in [0.05, 0.1) is 38.7 Å². The second-order valence-electron chi connectivity index (χ2n) is 6.97. The van der Waals surface area contributed by atoms with Gasteiger partial charge in [-0.15, -0.1) is 10.2 Å². The van der Waals surface area contributed by atoms with Crippen LogP contribution in [0, 0.1) is 0 Å². The first-order valence-corrected chi connectivity index (χ1v) is 9.98. The van der Waals surface area contributed by atoms with Crippen LogP contribution in [0.3, 0.4) is 0 Å². The normalized spacial score (nSPS) is 13.5. The molecule has 1 saturated heterocycles. The number of hydrogen-bond acceptors (Lipinski definition) is 7. The number of morpholine rings is 1. The van der Waals surface area contributed by atoms with E-state index in [9.17, 15) is 4.79 Å². The predicted molar refractivity (Wildman–Crippen MR) is 118 cm³/mol. The first-order valence-electron chi connectivity index (χ1n) is 9.98. The Labute approximate surface area is 180 Å². The van der Waals surface area contributed by atoms with Gasteiger partial charge >= 0.3 is 0 Å². The van der Waals surface area contributed by atoms with Gasteiger partial charge in [-0.25, -0.2) is 0 Å². The van der Waals surface area contributed by atoms with E-state index in [1.165, 1.54) is 7.11 Å². The van der Waals surface area contributed by atoms with Crippen molar-refractivity contribution in [1.29, 1.82) is 0 Å². The Balaban J connectivity index is 1.44. The Morgan fingerprint density at radius 2 is 1.74 bits per heavy atom. The fourth-order valence-electron chi connectivity index (χ4n) is 3.35. The fraction of sp³-hybridized carbons (Fsp3) is 0.261. The number of nitrogens with one attached hydrogen (secondary N) is 1. The summed E-state index contributed by atoms with van der Waals surface area (Å²) in [6, 6.07) is 16.5. The first kappa shape index (κ1) is 20.6. The van der Waals surface area contributed by atoms with Crippen LogP contribution in [0.2, 0.25) is 0 Å². The van der Waals surface area contributed by atoms with E-state index >= 15 is 0 Å². The average molecular weight is 420 g/mol. The molecule has 1 aromatic heterocycles. The molecule has 0 aliphatic carbocycles. The lowest BCUT2D eigenvalue weighted by molar-refractivity contribution is 0.102. The summed E-state index contributed by atoms with van der Waals surface area (Å²) in [6.45, 7) is 3.06. The standard InChI is InChI=1S/C23H24N4O4/c1-29-18-7-8-19(21(15-18)30-2)23(28)24-17-5-3-16(4-6-17)20-9-10-22(26-25-20)27-11-13-31-14-12-27/h3-10,15H,11-14H2,1-2H3,(H,24,28). The van der Waals surface area contributed by atoms with Gasteiger partial charge in [0.1, 0.15) is 11.5 Å². The Morgan fingerprint density at radius 3 is 2.39 bits per heavy atom. The van der Waals surface area contributed by atoms with Gasteiger partial charge in [-0.2, -0.15) is 0 Å². The molecule has 2 heterocycles. The number of carbonyl (C=O) groups is 1. The molecule has 160 valence electrons. The zero-order chi connectivity index (χ0) is 21.6. The Kier molecular flexibility index (Phi) is 6.28. The van der Waals surface area contributed by atoms with Crippen molar-refractivity contribution in [3.63, 3.8) is 0 Å². The van der Waals surface area contributed by atoms with E-state index in [0.717, 1.165) is 30.2 Å². The third kappa shape index (κ3) is 4.75. The van der Waals surface area contributed by atoms with E-state index in [-0.39, 0.29) is 5.91 Å². The second kappa shape index (κ2) is 9.44. The maximum Gasteiger partial charge on any atom is 0.259 e. The minimum Gasteiger partial charge on any atom is -0.497 e. The molecule has 0 atom stereocenters. The summed E-state index contributed by atoms with van der Waals surface area (Å²) in [5.41, 5.74) is 2.79. The first-order chi connectivity index (χ1) is 15.2. The Hall–Kier alpha value is -3.65. The molecule has 1 N–H and O–H groups in total. The van der Waals surface area contributed by atoms with Crippen LogP contribution in [-0.4, -0.2) is 56.6 Å². The van der Waals surface area contributed by atoms with Crippen molar-refractivity contribution in [3.05, 3.63) is 60.2 Å². The molecule has 1 amide bonds. The average Bonchev–Trinajstić information content (AvgIpc) is 2.84. The van der Waals surface area contributed by atoms with Crippen molar-refractivity contribution in [3.8, 4) is 22.8 Å². The summed E-state index contributed by atoms with van der Waals surface area (Å²) in [7, 11) is 3.09. The monoisotopic (exact) mass is 420 g/mol. The zero-order valence-electron chi connectivity index (χ0n) is 17.5.